The van der Waals surface area contributed by atoms with E-state index in [0.717, 1.165) is 0 Å². The fourth-order valence-corrected chi connectivity index (χ4v) is 2.87. The summed E-state index contributed by atoms with van der Waals surface area (Å²) < 4.78 is 5.54. The highest BCUT2D eigenvalue weighted by molar-refractivity contribution is 7.99. The lowest BCUT2D eigenvalue weighted by Gasteiger charge is -2.34. The van der Waals surface area contributed by atoms with Gasteiger partial charge >= 0.3 is 0 Å². The van der Waals surface area contributed by atoms with Crippen LogP contribution in [0.2, 0.25) is 0 Å². The number of Topliss-reactive ketones (excluding diaryl/α,β-unsaturated/α-hetero) is 1. The largest absolute Gasteiger partial charge is 0.475 e. The van der Waals surface area contributed by atoms with E-state index in [1.165, 1.54) is 24.9 Å². The smallest absolute Gasteiger partial charge is 0.181 e. The van der Waals surface area contributed by atoms with E-state index in [1.54, 1.807) is 12.1 Å². The maximum atomic E-state index is 11.4. The summed E-state index contributed by atoms with van der Waals surface area (Å²) in [5.74, 6) is 0.264. The molecule has 0 spiro atoms. The zero-order valence-electron chi connectivity index (χ0n) is 10.3. The molecule has 0 radical (unpaired) electrons. The Bertz CT molecular complexity index is 469. The summed E-state index contributed by atoms with van der Waals surface area (Å²) in [6.45, 7) is 1.37. The standard InChI is InChI=1S/C12H15NO5S/c1-6(14)9-8(3-2-4-13-9)18-12-11(17)10(16)7(15)5-19-12/h2-4,7,10-12,15-17H,5H2,1H3/t7-,10+,11-,12?/m1/s1. The number of aliphatic hydroxyl groups is 3. The predicted molar refractivity (Wildman–Crippen MR) is 69.1 cm³/mol. The molecule has 0 aliphatic carbocycles. The Balaban J connectivity index is 2.15. The van der Waals surface area contributed by atoms with Crippen molar-refractivity contribution in [2.24, 2.45) is 0 Å². The lowest BCUT2D eigenvalue weighted by Crippen LogP contribution is -2.50. The summed E-state index contributed by atoms with van der Waals surface area (Å²) in [6, 6.07) is 3.20. The molecule has 19 heavy (non-hydrogen) atoms. The van der Waals surface area contributed by atoms with E-state index in [4.69, 9.17) is 4.74 Å². The fourth-order valence-electron chi connectivity index (χ4n) is 1.76. The zero-order chi connectivity index (χ0) is 14.0. The number of hydrogen-bond donors (Lipinski definition) is 3. The number of carbonyl (C=O) groups excluding carboxylic acids is 1. The van der Waals surface area contributed by atoms with Crippen molar-refractivity contribution in [1.29, 1.82) is 0 Å². The third-order valence-corrected chi connectivity index (χ3v) is 4.04. The molecule has 1 unspecified atom stereocenters. The molecule has 1 aromatic rings. The van der Waals surface area contributed by atoms with Crippen molar-refractivity contribution in [1.82, 2.24) is 4.98 Å². The Morgan fingerprint density at radius 1 is 1.42 bits per heavy atom. The van der Waals surface area contributed by atoms with Crippen LogP contribution in [0.4, 0.5) is 0 Å². The van der Waals surface area contributed by atoms with Crippen LogP contribution in [0.25, 0.3) is 0 Å². The summed E-state index contributed by atoms with van der Waals surface area (Å²) in [6.07, 6.45) is -1.99. The van der Waals surface area contributed by atoms with Gasteiger partial charge in [-0.15, -0.1) is 11.8 Å². The number of thioether (sulfide) groups is 1. The van der Waals surface area contributed by atoms with Gasteiger partial charge in [0, 0.05) is 18.9 Å². The summed E-state index contributed by atoms with van der Waals surface area (Å²) in [5, 5.41) is 28.9. The molecule has 1 aromatic heterocycles. The number of nitrogens with zero attached hydrogens (tertiary/aromatic N) is 1. The van der Waals surface area contributed by atoms with Crippen molar-refractivity contribution in [2.45, 2.75) is 30.7 Å². The van der Waals surface area contributed by atoms with Gasteiger partial charge in [0.2, 0.25) is 0 Å². The molecule has 7 heteroatoms. The molecule has 104 valence electrons. The molecular formula is C12H15NO5S. The van der Waals surface area contributed by atoms with E-state index in [9.17, 15) is 20.1 Å². The Kier molecular flexibility index (Phi) is 4.41. The van der Waals surface area contributed by atoms with Crippen LogP contribution in [-0.2, 0) is 0 Å². The quantitative estimate of drug-likeness (QED) is 0.662. The van der Waals surface area contributed by atoms with Crippen LogP contribution in [0.3, 0.4) is 0 Å². The van der Waals surface area contributed by atoms with Crippen LogP contribution in [0.1, 0.15) is 17.4 Å². The van der Waals surface area contributed by atoms with E-state index in [-0.39, 0.29) is 23.0 Å². The second-order valence-electron chi connectivity index (χ2n) is 4.27. The molecule has 1 aliphatic rings. The van der Waals surface area contributed by atoms with Crippen molar-refractivity contribution in [3.05, 3.63) is 24.0 Å². The molecule has 0 aromatic carbocycles. The molecule has 2 rings (SSSR count). The Morgan fingerprint density at radius 2 is 2.16 bits per heavy atom. The van der Waals surface area contributed by atoms with Crippen LogP contribution >= 0.6 is 11.8 Å². The number of aromatic nitrogens is 1. The molecule has 2 heterocycles. The number of rotatable bonds is 3. The van der Waals surface area contributed by atoms with Crippen LogP contribution in [0, 0.1) is 0 Å². The first-order valence-corrected chi connectivity index (χ1v) is 6.84. The van der Waals surface area contributed by atoms with Crippen molar-refractivity contribution in [3.63, 3.8) is 0 Å². The minimum absolute atomic E-state index is 0.177. The summed E-state index contributed by atoms with van der Waals surface area (Å²) in [5.41, 5.74) is -0.573. The van der Waals surface area contributed by atoms with Gasteiger partial charge in [0.15, 0.2) is 11.2 Å². The highest BCUT2D eigenvalue weighted by atomic mass is 32.2. The minimum Gasteiger partial charge on any atom is -0.475 e. The molecule has 1 aliphatic heterocycles. The maximum Gasteiger partial charge on any atom is 0.181 e. The number of pyridine rings is 1. The number of aliphatic hydroxyl groups excluding tert-OH is 3. The van der Waals surface area contributed by atoms with Crippen LogP contribution in [0.5, 0.6) is 5.75 Å². The van der Waals surface area contributed by atoms with Crippen LogP contribution in [0.15, 0.2) is 18.3 Å². The van der Waals surface area contributed by atoms with Crippen LogP contribution in [-0.4, -0.2) is 55.6 Å². The Hall–Kier alpha value is -1.15. The first-order valence-electron chi connectivity index (χ1n) is 5.79. The molecule has 4 atom stereocenters. The SMILES string of the molecule is CC(=O)c1ncccc1OC1SC[C@@H](O)[C@H](O)[C@H]1O. The van der Waals surface area contributed by atoms with Gasteiger partial charge in [0.1, 0.15) is 23.7 Å². The summed E-state index contributed by atoms with van der Waals surface area (Å²) in [4.78, 5) is 15.3. The second-order valence-corrected chi connectivity index (χ2v) is 5.41. The number of hydrogen-bond acceptors (Lipinski definition) is 7. The Labute approximate surface area is 114 Å². The average molecular weight is 285 g/mol. The van der Waals surface area contributed by atoms with Crippen molar-refractivity contribution < 1.29 is 24.9 Å². The van der Waals surface area contributed by atoms with E-state index < -0.39 is 23.7 Å². The number of carbonyl (C=O) groups is 1. The maximum absolute atomic E-state index is 11.4. The van der Waals surface area contributed by atoms with Gasteiger partial charge in [-0.3, -0.25) is 4.79 Å². The minimum atomic E-state index is -1.26. The van der Waals surface area contributed by atoms with Gasteiger partial charge in [-0.05, 0) is 12.1 Å². The van der Waals surface area contributed by atoms with Crippen molar-refractivity contribution >= 4 is 17.5 Å². The highest BCUT2D eigenvalue weighted by Crippen LogP contribution is 2.30. The third-order valence-electron chi connectivity index (χ3n) is 2.80. The van der Waals surface area contributed by atoms with E-state index >= 15 is 0 Å². The third kappa shape index (κ3) is 3.06. The normalized spacial score (nSPS) is 30.9. The van der Waals surface area contributed by atoms with Crippen molar-refractivity contribution in [3.8, 4) is 5.75 Å². The summed E-state index contributed by atoms with van der Waals surface area (Å²) in [7, 11) is 0. The monoisotopic (exact) mass is 285 g/mol. The van der Waals surface area contributed by atoms with Gasteiger partial charge in [-0.1, -0.05) is 0 Å². The molecule has 3 N–H and O–H groups in total. The van der Waals surface area contributed by atoms with E-state index in [0.29, 0.717) is 0 Å². The van der Waals surface area contributed by atoms with Gasteiger partial charge in [0.25, 0.3) is 0 Å². The molecule has 6 nitrogen and oxygen atoms in total. The fraction of sp³-hybridized carbons (Fsp3) is 0.500. The van der Waals surface area contributed by atoms with Gasteiger partial charge in [-0.2, -0.15) is 0 Å². The lowest BCUT2D eigenvalue weighted by atomic mass is 10.1. The molecule has 0 bridgehead atoms. The predicted octanol–water partition coefficient (Wildman–Crippen LogP) is -0.181. The highest BCUT2D eigenvalue weighted by Gasteiger charge is 2.38. The molecule has 1 saturated heterocycles. The topological polar surface area (TPSA) is 99.9 Å². The van der Waals surface area contributed by atoms with Gasteiger partial charge < -0.3 is 20.1 Å². The van der Waals surface area contributed by atoms with Gasteiger partial charge in [-0.25, -0.2) is 4.98 Å². The van der Waals surface area contributed by atoms with Crippen molar-refractivity contribution in [2.75, 3.05) is 5.75 Å². The number of ether oxygens (including phenoxy) is 1. The lowest BCUT2D eigenvalue weighted by molar-refractivity contribution is -0.0787. The first kappa shape index (κ1) is 14.3. The first-order chi connectivity index (χ1) is 9.00. The molecule has 0 saturated carbocycles. The van der Waals surface area contributed by atoms with E-state index in [2.05, 4.69) is 4.98 Å². The average Bonchev–Trinajstić information content (AvgIpc) is 2.40. The zero-order valence-corrected chi connectivity index (χ0v) is 11.1. The number of ketones is 1. The molecular weight excluding hydrogens is 270 g/mol. The molecule has 0 amide bonds. The molecule has 1 fully saturated rings. The summed E-state index contributed by atoms with van der Waals surface area (Å²) >= 11 is 1.18. The second kappa shape index (κ2) is 5.87. The van der Waals surface area contributed by atoms with Gasteiger partial charge in [0.05, 0.1) is 6.10 Å². The van der Waals surface area contributed by atoms with Crippen LogP contribution < -0.4 is 4.74 Å². The van der Waals surface area contributed by atoms with E-state index in [1.807, 2.05) is 0 Å². The Morgan fingerprint density at radius 3 is 2.84 bits per heavy atom.